The monoisotopic (exact) mass is 189 g/mol. The lowest BCUT2D eigenvalue weighted by molar-refractivity contribution is 0.246. The van der Waals surface area contributed by atoms with Crippen molar-refractivity contribution in [3.8, 4) is 0 Å². The maximum Gasteiger partial charge on any atom is 0.0659 e. The van der Waals surface area contributed by atoms with Crippen molar-refractivity contribution in [3.05, 3.63) is 36.2 Å². The van der Waals surface area contributed by atoms with E-state index in [2.05, 4.69) is 18.0 Å². The van der Waals surface area contributed by atoms with Crippen LogP contribution in [0.2, 0.25) is 0 Å². The first-order valence-electron chi connectivity index (χ1n) is 4.91. The molecule has 74 valence electrons. The Morgan fingerprint density at radius 1 is 1.50 bits per heavy atom. The molecule has 1 aromatic heterocycles. The summed E-state index contributed by atoms with van der Waals surface area (Å²) < 4.78 is 0. The second-order valence-corrected chi connectivity index (χ2v) is 3.64. The van der Waals surface area contributed by atoms with Gasteiger partial charge in [-0.25, -0.2) is 5.01 Å². The zero-order chi connectivity index (χ0) is 9.97. The summed E-state index contributed by atoms with van der Waals surface area (Å²) in [6.45, 7) is 3.01. The summed E-state index contributed by atoms with van der Waals surface area (Å²) in [7, 11) is 0. The van der Waals surface area contributed by atoms with Gasteiger partial charge in [0.2, 0.25) is 0 Å². The van der Waals surface area contributed by atoms with Crippen LogP contribution in [0.4, 0.5) is 0 Å². The van der Waals surface area contributed by atoms with Crippen molar-refractivity contribution in [2.45, 2.75) is 19.4 Å². The van der Waals surface area contributed by atoms with Gasteiger partial charge in [-0.2, -0.15) is 0 Å². The van der Waals surface area contributed by atoms with E-state index in [4.69, 9.17) is 5.84 Å². The van der Waals surface area contributed by atoms with Crippen LogP contribution in [0.15, 0.2) is 30.5 Å². The van der Waals surface area contributed by atoms with Crippen LogP contribution in [-0.4, -0.2) is 22.6 Å². The van der Waals surface area contributed by atoms with Crippen molar-refractivity contribution in [3.63, 3.8) is 0 Å². The molecule has 0 saturated carbocycles. The maximum atomic E-state index is 5.79. The Balaban J connectivity index is 2.24. The fourth-order valence-corrected chi connectivity index (χ4v) is 1.69. The van der Waals surface area contributed by atoms with Gasteiger partial charge in [0.25, 0.3) is 0 Å². The normalized spacial score (nSPS) is 23.3. The summed E-state index contributed by atoms with van der Waals surface area (Å²) in [6.07, 6.45) is 5.00. The van der Waals surface area contributed by atoms with Gasteiger partial charge in [0.15, 0.2) is 0 Å². The van der Waals surface area contributed by atoms with Gasteiger partial charge in [-0.1, -0.05) is 12.1 Å². The Morgan fingerprint density at radius 3 is 3.00 bits per heavy atom. The summed E-state index contributed by atoms with van der Waals surface area (Å²) in [6, 6.07) is 6.31. The van der Waals surface area contributed by atoms with Crippen molar-refractivity contribution in [1.82, 2.24) is 9.99 Å². The van der Waals surface area contributed by atoms with Crippen molar-refractivity contribution in [2.24, 2.45) is 5.84 Å². The zero-order valence-electron chi connectivity index (χ0n) is 8.35. The molecule has 3 nitrogen and oxygen atoms in total. The van der Waals surface area contributed by atoms with Gasteiger partial charge in [0.1, 0.15) is 0 Å². The number of hydrazine groups is 1. The van der Waals surface area contributed by atoms with Gasteiger partial charge >= 0.3 is 0 Å². The SMILES string of the molecule is CC1C=C(c2ccccn2)CCN1N. The first-order chi connectivity index (χ1) is 6.77. The average Bonchev–Trinajstić information content (AvgIpc) is 2.23. The molecule has 1 aliphatic rings. The molecule has 2 N–H and O–H groups in total. The quantitative estimate of drug-likeness (QED) is 0.680. The molecule has 0 spiro atoms. The summed E-state index contributed by atoms with van der Waals surface area (Å²) in [5.74, 6) is 5.79. The summed E-state index contributed by atoms with van der Waals surface area (Å²) in [5, 5.41) is 1.85. The van der Waals surface area contributed by atoms with Crippen molar-refractivity contribution < 1.29 is 0 Å². The van der Waals surface area contributed by atoms with Gasteiger partial charge in [0.05, 0.1) is 5.69 Å². The molecule has 2 heterocycles. The predicted molar refractivity (Wildman–Crippen MR) is 57.2 cm³/mol. The Hall–Kier alpha value is -1.19. The molecule has 0 radical (unpaired) electrons. The van der Waals surface area contributed by atoms with Crippen LogP contribution >= 0.6 is 0 Å². The van der Waals surface area contributed by atoms with Gasteiger partial charge in [-0.05, 0) is 31.1 Å². The zero-order valence-corrected chi connectivity index (χ0v) is 8.35. The second-order valence-electron chi connectivity index (χ2n) is 3.64. The second kappa shape index (κ2) is 3.90. The van der Waals surface area contributed by atoms with Crippen molar-refractivity contribution in [1.29, 1.82) is 0 Å². The highest BCUT2D eigenvalue weighted by Gasteiger charge is 2.16. The van der Waals surface area contributed by atoms with E-state index in [-0.39, 0.29) is 0 Å². The molecule has 2 rings (SSSR count). The Labute approximate surface area is 84.2 Å². The standard InChI is InChI=1S/C11H15N3/c1-9-8-10(5-7-14(9)12)11-4-2-3-6-13-11/h2-4,6,8-9H,5,7,12H2,1H3. The van der Waals surface area contributed by atoms with Crippen LogP contribution in [-0.2, 0) is 0 Å². The Bertz CT molecular complexity index is 332. The van der Waals surface area contributed by atoms with E-state index in [0.717, 1.165) is 18.7 Å². The maximum absolute atomic E-state index is 5.79. The molecule has 14 heavy (non-hydrogen) atoms. The van der Waals surface area contributed by atoms with Crippen LogP contribution in [0.3, 0.4) is 0 Å². The van der Waals surface area contributed by atoms with Gasteiger partial charge in [0, 0.05) is 18.8 Å². The molecule has 0 fully saturated rings. The van der Waals surface area contributed by atoms with Crippen molar-refractivity contribution in [2.75, 3.05) is 6.54 Å². The molecule has 0 bridgehead atoms. The Morgan fingerprint density at radius 2 is 2.36 bits per heavy atom. The molecular formula is C11H15N3. The summed E-state index contributed by atoms with van der Waals surface area (Å²) in [4.78, 5) is 4.33. The topological polar surface area (TPSA) is 42.2 Å². The van der Waals surface area contributed by atoms with E-state index in [0.29, 0.717) is 6.04 Å². The first-order valence-corrected chi connectivity index (χ1v) is 4.91. The largest absolute Gasteiger partial charge is 0.268 e. The highest BCUT2D eigenvalue weighted by Crippen LogP contribution is 2.21. The highest BCUT2D eigenvalue weighted by atomic mass is 15.4. The van der Waals surface area contributed by atoms with Crippen LogP contribution in [0.1, 0.15) is 19.0 Å². The summed E-state index contributed by atoms with van der Waals surface area (Å²) in [5.41, 5.74) is 2.38. The molecule has 1 atom stereocenters. The molecule has 0 aromatic carbocycles. The van der Waals surface area contributed by atoms with Crippen LogP contribution in [0.5, 0.6) is 0 Å². The van der Waals surface area contributed by atoms with Crippen LogP contribution in [0.25, 0.3) is 5.57 Å². The fraction of sp³-hybridized carbons (Fsp3) is 0.364. The predicted octanol–water partition coefficient (Wildman–Crippen LogP) is 1.43. The minimum Gasteiger partial charge on any atom is -0.268 e. The molecule has 1 aliphatic heterocycles. The van der Waals surface area contributed by atoms with Crippen LogP contribution < -0.4 is 5.84 Å². The molecular weight excluding hydrogens is 174 g/mol. The van der Waals surface area contributed by atoms with E-state index in [1.165, 1.54) is 5.57 Å². The van der Waals surface area contributed by atoms with E-state index >= 15 is 0 Å². The van der Waals surface area contributed by atoms with Crippen LogP contribution in [0, 0.1) is 0 Å². The number of hydrogen-bond donors (Lipinski definition) is 1. The van der Waals surface area contributed by atoms with E-state index in [1.807, 2.05) is 29.4 Å². The lowest BCUT2D eigenvalue weighted by Gasteiger charge is -2.27. The van der Waals surface area contributed by atoms with Gasteiger partial charge in [-0.15, -0.1) is 0 Å². The lowest BCUT2D eigenvalue weighted by atomic mass is 10.0. The van der Waals surface area contributed by atoms with E-state index < -0.39 is 0 Å². The number of aromatic nitrogens is 1. The summed E-state index contributed by atoms with van der Waals surface area (Å²) >= 11 is 0. The smallest absolute Gasteiger partial charge is 0.0659 e. The van der Waals surface area contributed by atoms with Crippen molar-refractivity contribution >= 4 is 5.57 Å². The lowest BCUT2D eigenvalue weighted by Crippen LogP contribution is -2.41. The molecule has 0 saturated heterocycles. The molecule has 1 aromatic rings. The minimum atomic E-state index is 0.306. The highest BCUT2D eigenvalue weighted by molar-refractivity contribution is 5.63. The van der Waals surface area contributed by atoms with E-state index in [1.54, 1.807) is 0 Å². The third-order valence-electron chi connectivity index (χ3n) is 2.60. The first kappa shape index (κ1) is 9.37. The number of rotatable bonds is 1. The van der Waals surface area contributed by atoms with Gasteiger partial charge < -0.3 is 0 Å². The Kier molecular flexibility index (Phi) is 2.61. The number of hydrogen-bond acceptors (Lipinski definition) is 3. The number of nitrogens with zero attached hydrogens (tertiary/aromatic N) is 2. The van der Waals surface area contributed by atoms with E-state index in [9.17, 15) is 0 Å². The fourth-order valence-electron chi connectivity index (χ4n) is 1.69. The molecule has 0 aliphatic carbocycles. The minimum absolute atomic E-state index is 0.306. The number of nitrogens with two attached hydrogens (primary N) is 1. The molecule has 1 unspecified atom stereocenters. The van der Waals surface area contributed by atoms with Gasteiger partial charge in [-0.3, -0.25) is 10.8 Å². The third kappa shape index (κ3) is 1.84. The molecule has 3 heteroatoms. The average molecular weight is 189 g/mol. The third-order valence-corrected chi connectivity index (χ3v) is 2.60. The number of pyridine rings is 1. The molecule has 0 amide bonds.